The van der Waals surface area contributed by atoms with Gasteiger partial charge in [0.1, 0.15) is 5.69 Å². The highest BCUT2D eigenvalue weighted by atomic mass is 35.5. The van der Waals surface area contributed by atoms with Crippen LogP contribution in [0.25, 0.3) is 0 Å². The number of nitro benzene ring substituents is 1. The fraction of sp³-hybridized carbons (Fsp3) is 0.458. The molecule has 0 radical (unpaired) electrons. The normalized spacial score (nSPS) is 14.4. The summed E-state index contributed by atoms with van der Waals surface area (Å²) in [6, 6.07) is 11.5. The van der Waals surface area contributed by atoms with Gasteiger partial charge in [-0.2, -0.15) is 5.11 Å². The number of benzene rings is 2. The van der Waals surface area contributed by atoms with Crippen LogP contribution in [0.2, 0.25) is 5.02 Å². The number of Topliss-reactive ketones (excluding diaryl/α,β-unsaturated/α-hetero) is 1. The van der Waals surface area contributed by atoms with Gasteiger partial charge in [0.05, 0.1) is 35.4 Å². The number of unbranched alkanes of at least 4 members (excludes halogenated alkanes) is 1. The van der Waals surface area contributed by atoms with Gasteiger partial charge in [0, 0.05) is 43.9 Å². The molecule has 0 aliphatic carbocycles. The van der Waals surface area contributed by atoms with E-state index in [1.54, 1.807) is 0 Å². The van der Waals surface area contributed by atoms with Crippen molar-refractivity contribution in [3.8, 4) is 0 Å². The molecule has 0 unspecified atom stereocenters. The molecule has 0 atom stereocenters. The number of nitro groups is 1. The maximum absolute atomic E-state index is 12.5. The second kappa shape index (κ2) is 13.1. The molecule has 0 spiro atoms. The van der Waals surface area contributed by atoms with Gasteiger partial charge in [-0.3, -0.25) is 19.8 Å². The largest absolute Gasteiger partial charge is 0.379 e. The van der Waals surface area contributed by atoms with Crippen LogP contribution in [0.4, 0.5) is 22.7 Å². The third-order valence-electron chi connectivity index (χ3n) is 5.66. The van der Waals surface area contributed by atoms with Crippen molar-refractivity contribution in [1.29, 1.82) is 0 Å². The van der Waals surface area contributed by atoms with Crippen LogP contribution in [0.1, 0.15) is 26.2 Å². The Hall–Kier alpha value is -2.88. The standard InChI is InChI=1S/C24H30ClN5O4/c1-2-29(18-22(31)5-3-4-12-28-13-15-34-16-14-28)20-8-6-19(7-9-20)26-27-24-11-10-21(30(32)33)17-23(24)25/h6-11,17H,2-5,12-16,18H2,1H3. The first-order valence-electron chi connectivity index (χ1n) is 11.5. The first-order chi connectivity index (χ1) is 16.5. The second-order valence-electron chi connectivity index (χ2n) is 8.07. The van der Waals surface area contributed by atoms with Crippen LogP contribution in [0.5, 0.6) is 0 Å². The molecule has 0 N–H and O–H groups in total. The SMILES string of the molecule is CCN(CC(=O)CCCCN1CCOCC1)c1ccc(N=Nc2ccc([N+](=O)[O-])cc2Cl)cc1. The van der Waals surface area contributed by atoms with E-state index >= 15 is 0 Å². The number of hydrogen-bond donors (Lipinski definition) is 0. The van der Waals surface area contributed by atoms with Crippen LogP contribution in [0.15, 0.2) is 52.7 Å². The highest BCUT2D eigenvalue weighted by Crippen LogP contribution is 2.30. The van der Waals surface area contributed by atoms with Crippen molar-refractivity contribution in [3.63, 3.8) is 0 Å². The third-order valence-corrected chi connectivity index (χ3v) is 5.97. The molecule has 0 bridgehead atoms. The quantitative estimate of drug-likeness (QED) is 0.168. The summed E-state index contributed by atoms with van der Waals surface area (Å²) in [4.78, 5) is 27.2. The van der Waals surface area contributed by atoms with Crippen LogP contribution in [-0.4, -0.2) is 61.5 Å². The molecule has 10 heteroatoms. The zero-order valence-electron chi connectivity index (χ0n) is 19.4. The maximum Gasteiger partial charge on any atom is 0.271 e. The summed E-state index contributed by atoms with van der Waals surface area (Å²) in [5.74, 6) is 0.236. The summed E-state index contributed by atoms with van der Waals surface area (Å²) >= 11 is 6.05. The molecule has 1 saturated heterocycles. The van der Waals surface area contributed by atoms with E-state index in [4.69, 9.17) is 16.3 Å². The number of azo groups is 1. The Bertz CT molecular complexity index is 993. The number of halogens is 1. The summed E-state index contributed by atoms with van der Waals surface area (Å²) in [6.45, 7) is 7.71. The molecular formula is C24H30ClN5O4. The van der Waals surface area contributed by atoms with E-state index < -0.39 is 4.92 Å². The molecule has 3 rings (SSSR count). The molecular weight excluding hydrogens is 458 g/mol. The van der Waals surface area contributed by atoms with Crippen molar-refractivity contribution in [2.45, 2.75) is 26.2 Å². The zero-order chi connectivity index (χ0) is 24.3. The van der Waals surface area contributed by atoms with E-state index in [0.29, 0.717) is 24.3 Å². The van der Waals surface area contributed by atoms with E-state index in [0.717, 1.165) is 57.9 Å². The number of ether oxygens (including phenoxy) is 1. The summed E-state index contributed by atoms with van der Waals surface area (Å²) in [7, 11) is 0. The number of likely N-dealkylation sites (N-methyl/N-ethyl adjacent to an activating group) is 1. The van der Waals surface area contributed by atoms with Crippen LogP contribution in [0, 0.1) is 10.1 Å². The van der Waals surface area contributed by atoms with E-state index in [1.807, 2.05) is 36.1 Å². The summed E-state index contributed by atoms with van der Waals surface area (Å²) in [5.41, 5.74) is 1.81. The van der Waals surface area contributed by atoms with Gasteiger partial charge in [-0.1, -0.05) is 11.6 Å². The van der Waals surface area contributed by atoms with E-state index in [1.165, 1.54) is 18.2 Å². The van der Waals surface area contributed by atoms with Gasteiger partial charge in [-0.05, 0) is 56.6 Å². The van der Waals surface area contributed by atoms with E-state index in [2.05, 4.69) is 15.1 Å². The molecule has 0 aromatic heterocycles. The third kappa shape index (κ3) is 7.86. The smallest absolute Gasteiger partial charge is 0.271 e. The van der Waals surface area contributed by atoms with Gasteiger partial charge < -0.3 is 9.64 Å². The molecule has 1 aliphatic heterocycles. The molecule has 1 fully saturated rings. The molecule has 34 heavy (non-hydrogen) atoms. The van der Waals surface area contributed by atoms with Crippen molar-refractivity contribution in [3.05, 3.63) is 57.6 Å². The average Bonchev–Trinajstić information content (AvgIpc) is 2.85. The summed E-state index contributed by atoms with van der Waals surface area (Å²) in [6.07, 6.45) is 2.51. The van der Waals surface area contributed by atoms with Crippen molar-refractivity contribution in [2.75, 3.05) is 50.8 Å². The minimum Gasteiger partial charge on any atom is -0.379 e. The highest BCUT2D eigenvalue weighted by Gasteiger charge is 2.13. The molecule has 2 aromatic rings. The average molecular weight is 488 g/mol. The molecule has 1 heterocycles. The first-order valence-corrected chi connectivity index (χ1v) is 11.9. The number of morpholine rings is 1. The number of carbonyl (C=O) groups excluding carboxylic acids is 1. The van der Waals surface area contributed by atoms with Gasteiger partial charge in [0.2, 0.25) is 0 Å². The number of rotatable bonds is 12. The number of anilines is 1. The molecule has 1 aliphatic rings. The van der Waals surface area contributed by atoms with Crippen molar-refractivity contribution >= 4 is 40.1 Å². The maximum atomic E-state index is 12.5. The molecule has 0 amide bonds. The molecule has 0 saturated carbocycles. The Kier molecular flexibility index (Phi) is 9.93. The minimum atomic E-state index is -0.513. The number of hydrogen-bond acceptors (Lipinski definition) is 8. The Labute approximate surface area is 204 Å². The van der Waals surface area contributed by atoms with Gasteiger partial charge in [-0.15, -0.1) is 5.11 Å². The Balaban J connectivity index is 1.48. The monoisotopic (exact) mass is 487 g/mol. The topological polar surface area (TPSA) is 101 Å². The van der Waals surface area contributed by atoms with E-state index in [-0.39, 0.29) is 16.5 Å². The van der Waals surface area contributed by atoms with Gasteiger partial charge >= 0.3 is 0 Å². The lowest BCUT2D eigenvalue weighted by Crippen LogP contribution is -2.36. The molecule has 2 aromatic carbocycles. The summed E-state index contributed by atoms with van der Waals surface area (Å²) < 4.78 is 5.36. The van der Waals surface area contributed by atoms with Crippen LogP contribution in [0.3, 0.4) is 0 Å². The minimum absolute atomic E-state index is 0.0976. The Morgan fingerprint density at radius 3 is 2.53 bits per heavy atom. The fourth-order valence-corrected chi connectivity index (χ4v) is 3.90. The lowest BCUT2D eigenvalue weighted by Gasteiger charge is -2.26. The molecule has 182 valence electrons. The van der Waals surface area contributed by atoms with Gasteiger partial charge in [0.25, 0.3) is 5.69 Å². The fourth-order valence-electron chi connectivity index (χ4n) is 3.69. The second-order valence-corrected chi connectivity index (χ2v) is 8.48. The molecule has 9 nitrogen and oxygen atoms in total. The van der Waals surface area contributed by atoms with Crippen LogP contribution < -0.4 is 4.90 Å². The van der Waals surface area contributed by atoms with Crippen LogP contribution >= 0.6 is 11.6 Å². The van der Waals surface area contributed by atoms with Gasteiger partial charge in [0.15, 0.2) is 5.78 Å². The van der Waals surface area contributed by atoms with Crippen LogP contribution in [-0.2, 0) is 9.53 Å². The number of non-ortho nitro benzene ring substituents is 1. The Morgan fingerprint density at radius 1 is 1.15 bits per heavy atom. The van der Waals surface area contributed by atoms with Crippen molar-refractivity contribution < 1.29 is 14.5 Å². The highest BCUT2D eigenvalue weighted by molar-refractivity contribution is 6.33. The van der Waals surface area contributed by atoms with Crippen molar-refractivity contribution in [2.24, 2.45) is 10.2 Å². The number of ketones is 1. The predicted octanol–water partition coefficient (Wildman–Crippen LogP) is 5.56. The lowest BCUT2D eigenvalue weighted by atomic mass is 10.1. The predicted molar refractivity (Wildman–Crippen MR) is 133 cm³/mol. The van der Waals surface area contributed by atoms with Crippen molar-refractivity contribution in [1.82, 2.24) is 4.90 Å². The van der Waals surface area contributed by atoms with Gasteiger partial charge in [-0.25, -0.2) is 0 Å². The number of nitrogens with zero attached hydrogens (tertiary/aromatic N) is 5. The first kappa shape index (κ1) is 25.7. The number of carbonyl (C=O) groups is 1. The zero-order valence-corrected chi connectivity index (χ0v) is 20.1. The Morgan fingerprint density at radius 2 is 1.88 bits per heavy atom. The summed E-state index contributed by atoms with van der Waals surface area (Å²) in [5, 5.41) is 19.2. The lowest BCUT2D eigenvalue weighted by molar-refractivity contribution is -0.384. The van der Waals surface area contributed by atoms with E-state index in [9.17, 15) is 14.9 Å².